The summed E-state index contributed by atoms with van der Waals surface area (Å²) in [5.74, 6) is -1.16. The highest BCUT2D eigenvalue weighted by molar-refractivity contribution is 9.10. The molecule has 2 aromatic rings. The molecule has 0 radical (unpaired) electrons. The molecule has 1 aromatic heterocycles. The van der Waals surface area contributed by atoms with Crippen LogP contribution in [-0.2, 0) is 25.6 Å². The molecule has 1 aliphatic rings. The topological polar surface area (TPSA) is 112 Å². The van der Waals surface area contributed by atoms with Gasteiger partial charge in [-0.1, -0.05) is 15.9 Å². The maximum atomic E-state index is 12.8. The van der Waals surface area contributed by atoms with Gasteiger partial charge in [-0.15, -0.1) is 0 Å². The maximum absolute atomic E-state index is 12.8. The normalized spacial score (nSPS) is 14.8. The van der Waals surface area contributed by atoms with E-state index in [9.17, 15) is 19.2 Å². The van der Waals surface area contributed by atoms with Crippen molar-refractivity contribution in [2.45, 2.75) is 6.54 Å². The number of amides is 2. The summed E-state index contributed by atoms with van der Waals surface area (Å²) in [5, 5.41) is -0.487. The van der Waals surface area contributed by atoms with Crippen molar-refractivity contribution in [1.29, 1.82) is 0 Å². The van der Waals surface area contributed by atoms with Gasteiger partial charge >= 0.3 is 11.9 Å². The maximum Gasteiger partial charge on any atom is 0.373 e. The first-order valence-electron chi connectivity index (χ1n) is 8.74. The summed E-state index contributed by atoms with van der Waals surface area (Å²) in [5.41, 5.74) is 0.495. The lowest BCUT2D eigenvalue weighted by Crippen LogP contribution is -2.27. The van der Waals surface area contributed by atoms with E-state index in [1.165, 1.54) is 32.4 Å². The SMILES string of the molecule is COC(=O)COc1ccc(Br)cc1/C=C1/SC(=O)N(Cc2ccc(C(=O)OC)o2)C1=O. The van der Waals surface area contributed by atoms with Crippen LogP contribution in [0.1, 0.15) is 21.9 Å². The van der Waals surface area contributed by atoms with Crippen molar-refractivity contribution in [1.82, 2.24) is 4.90 Å². The second-order valence-corrected chi connectivity index (χ2v) is 7.98. The van der Waals surface area contributed by atoms with Crippen LogP contribution in [0.2, 0.25) is 0 Å². The van der Waals surface area contributed by atoms with E-state index in [0.717, 1.165) is 16.7 Å². The van der Waals surface area contributed by atoms with Gasteiger partial charge in [-0.3, -0.25) is 14.5 Å². The summed E-state index contributed by atoms with van der Waals surface area (Å²) in [4.78, 5) is 49.2. The number of hydrogen-bond acceptors (Lipinski definition) is 9. The Morgan fingerprint density at radius 1 is 1.16 bits per heavy atom. The predicted molar refractivity (Wildman–Crippen MR) is 113 cm³/mol. The van der Waals surface area contributed by atoms with E-state index in [1.54, 1.807) is 18.2 Å². The number of carbonyl (C=O) groups is 4. The molecule has 162 valence electrons. The number of imide groups is 1. The third-order valence-electron chi connectivity index (χ3n) is 4.07. The number of hydrogen-bond donors (Lipinski definition) is 0. The van der Waals surface area contributed by atoms with Crippen LogP contribution in [0.3, 0.4) is 0 Å². The monoisotopic (exact) mass is 509 g/mol. The number of ether oxygens (including phenoxy) is 3. The van der Waals surface area contributed by atoms with Gasteiger partial charge in [0.05, 0.1) is 25.7 Å². The van der Waals surface area contributed by atoms with Crippen molar-refractivity contribution in [3.8, 4) is 5.75 Å². The van der Waals surface area contributed by atoms with E-state index in [2.05, 4.69) is 25.4 Å². The summed E-state index contributed by atoms with van der Waals surface area (Å²) in [6, 6.07) is 7.93. The molecular formula is C20H16BrNO8S. The number of carbonyl (C=O) groups excluding carboxylic acids is 4. The van der Waals surface area contributed by atoms with Crippen LogP contribution < -0.4 is 4.74 Å². The Morgan fingerprint density at radius 2 is 1.94 bits per heavy atom. The Kier molecular flexibility index (Phi) is 7.18. The van der Waals surface area contributed by atoms with Gasteiger partial charge in [0, 0.05) is 10.0 Å². The molecule has 0 atom stereocenters. The van der Waals surface area contributed by atoms with Gasteiger partial charge < -0.3 is 18.6 Å². The molecular weight excluding hydrogens is 494 g/mol. The fraction of sp³-hybridized carbons (Fsp3) is 0.200. The number of benzene rings is 1. The molecule has 0 unspecified atom stereocenters. The Labute approximate surface area is 189 Å². The third kappa shape index (κ3) is 5.36. The van der Waals surface area contributed by atoms with Crippen LogP contribution in [0.4, 0.5) is 4.79 Å². The zero-order chi connectivity index (χ0) is 22.5. The van der Waals surface area contributed by atoms with Gasteiger partial charge in [0.1, 0.15) is 11.5 Å². The lowest BCUT2D eigenvalue weighted by atomic mass is 10.2. The van der Waals surface area contributed by atoms with Crippen LogP contribution in [0.5, 0.6) is 5.75 Å². The van der Waals surface area contributed by atoms with Crippen molar-refractivity contribution in [3.63, 3.8) is 0 Å². The summed E-state index contributed by atoms with van der Waals surface area (Å²) in [7, 11) is 2.47. The lowest BCUT2D eigenvalue weighted by Gasteiger charge is -2.10. The summed E-state index contributed by atoms with van der Waals surface area (Å²) in [6.07, 6.45) is 1.50. The molecule has 31 heavy (non-hydrogen) atoms. The van der Waals surface area contributed by atoms with Crippen LogP contribution in [0, 0.1) is 0 Å². The van der Waals surface area contributed by atoms with E-state index in [4.69, 9.17) is 9.15 Å². The molecule has 2 amide bonds. The Balaban J connectivity index is 1.80. The van der Waals surface area contributed by atoms with Crippen LogP contribution in [-0.4, -0.2) is 48.8 Å². The molecule has 1 aromatic carbocycles. The van der Waals surface area contributed by atoms with Gasteiger partial charge in [-0.05, 0) is 48.2 Å². The number of thioether (sulfide) groups is 1. The number of nitrogens with zero attached hydrogens (tertiary/aromatic N) is 1. The second kappa shape index (κ2) is 9.84. The van der Waals surface area contributed by atoms with E-state index >= 15 is 0 Å². The molecule has 0 aliphatic carbocycles. The number of halogens is 1. The van der Waals surface area contributed by atoms with E-state index in [0.29, 0.717) is 15.8 Å². The average Bonchev–Trinajstić information content (AvgIpc) is 3.33. The van der Waals surface area contributed by atoms with Crippen LogP contribution in [0.15, 0.2) is 44.1 Å². The summed E-state index contributed by atoms with van der Waals surface area (Å²) < 4.78 is 20.6. The van der Waals surface area contributed by atoms with Gasteiger partial charge in [0.2, 0.25) is 5.76 Å². The van der Waals surface area contributed by atoms with E-state index < -0.39 is 23.1 Å². The van der Waals surface area contributed by atoms with Crippen molar-refractivity contribution in [3.05, 3.63) is 56.8 Å². The molecule has 0 spiro atoms. The van der Waals surface area contributed by atoms with Crippen LogP contribution >= 0.6 is 27.7 Å². The number of furan rings is 1. The highest BCUT2D eigenvalue weighted by Crippen LogP contribution is 2.35. The first-order chi connectivity index (χ1) is 14.8. The third-order valence-corrected chi connectivity index (χ3v) is 5.47. The molecule has 0 bridgehead atoms. The van der Waals surface area contributed by atoms with Crippen molar-refractivity contribution in [2.24, 2.45) is 0 Å². The molecule has 2 heterocycles. The minimum Gasteiger partial charge on any atom is -0.481 e. The molecule has 1 aliphatic heterocycles. The molecule has 9 nitrogen and oxygen atoms in total. The molecule has 0 saturated carbocycles. The van der Waals surface area contributed by atoms with Crippen molar-refractivity contribution < 1.29 is 37.8 Å². The standard InChI is InChI=1S/C20H16BrNO8S/c1-27-17(23)10-29-14-5-3-12(21)7-11(14)8-16-18(24)22(20(26)31-16)9-13-4-6-15(30-13)19(25)28-2/h3-8H,9-10H2,1-2H3/b16-8+. The minimum absolute atomic E-state index is 0.0263. The van der Waals surface area contributed by atoms with Gasteiger partial charge in [0.25, 0.3) is 11.1 Å². The number of esters is 2. The Bertz CT molecular complexity index is 1080. The quantitative estimate of drug-likeness (QED) is 0.407. The number of methoxy groups -OCH3 is 2. The second-order valence-electron chi connectivity index (χ2n) is 6.07. The highest BCUT2D eigenvalue weighted by Gasteiger charge is 2.36. The Hall–Kier alpha value is -3.05. The largest absolute Gasteiger partial charge is 0.481 e. The lowest BCUT2D eigenvalue weighted by molar-refractivity contribution is -0.142. The van der Waals surface area contributed by atoms with Gasteiger partial charge in [-0.2, -0.15) is 0 Å². The van der Waals surface area contributed by atoms with E-state index in [1.807, 2.05) is 0 Å². The molecule has 0 N–H and O–H groups in total. The summed E-state index contributed by atoms with van der Waals surface area (Å²) >= 11 is 4.11. The first kappa shape index (κ1) is 22.6. The fourth-order valence-corrected chi connectivity index (χ4v) is 3.77. The molecule has 3 rings (SSSR count). The molecule has 1 saturated heterocycles. The highest BCUT2D eigenvalue weighted by atomic mass is 79.9. The fourth-order valence-electron chi connectivity index (χ4n) is 2.57. The van der Waals surface area contributed by atoms with Crippen LogP contribution in [0.25, 0.3) is 6.08 Å². The average molecular weight is 510 g/mol. The smallest absolute Gasteiger partial charge is 0.373 e. The van der Waals surface area contributed by atoms with Crippen molar-refractivity contribution in [2.75, 3.05) is 20.8 Å². The number of rotatable bonds is 7. The van der Waals surface area contributed by atoms with Crippen molar-refractivity contribution >= 4 is 56.9 Å². The molecule has 11 heteroatoms. The zero-order valence-corrected chi connectivity index (χ0v) is 18.8. The molecule has 1 fully saturated rings. The van der Waals surface area contributed by atoms with Gasteiger partial charge in [-0.25, -0.2) is 9.59 Å². The van der Waals surface area contributed by atoms with Gasteiger partial charge in [0.15, 0.2) is 6.61 Å². The first-order valence-corrected chi connectivity index (χ1v) is 10.3. The minimum atomic E-state index is -0.658. The zero-order valence-electron chi connectivity index (χ0n) is 16.4. The van der Waals surface area contributed by atoms with E-state index in [-0.39, 0.29) is 29.6 Å². The Morgan fingerprint density at radius 3 is 2.65 bits per heavy atom. The summed E-state index contributed by atoms with van der Waals surface area (Å²) in [6.45, 7) is -0.440. The predicted octanol–water partition coefficient (Wildman–Crippen LogP) is 3.62.